The first-order valence-electron chi connectivity index (χ1n) is 14.3. The molecular formula is C32H37Cl2N3O6S. The lowest BCUT2D eigenvalue weighted by Gasteiger charge is -2.33. The molecule has 0 saturated heterocycles. The van der Waals surface area contributed by atoms with Crippen LogP contribution in [0, 0.1) is 6.92 Å². The molecule has 1 aliphatic rings. The molecule has 2 amide bonds. The molecule has 1 aliphatic carbocycles. The summed E-state index contributed by atoms with van der Waals surface area (Å²) in [4.78, 5) is 28.9. The van der Waals surface area contributed by atoms with Crippen molar-refractivity contribution in [1.82, 2.24) is 10.2 Å². The number of halogens is 2. The van der Waals surface area contributed by atoms with Gasteiger partial charge < -0.3 is 19.7 Å². The Morgan fingerprint density at radius 2 is 1.57 bits per heavy atom. The second kappa shape index (κ2) is 14.5. The van der Waals surface area contributed by atoms with Crippen molar-refractivity contribution in [2.75, 3.05) is 25.1 Å². The van der Waals surface area contributed by atoms with Crippen molar-refractivity contribution in [3.05, 3.63) is 81.8 Å². The van der Waals surface area contributed by atoms with Crippen molar-refractivity contribution < 1.29 is 27.5 Å². The molecule has 0 bridgehead atoms. The number of hydrogen-bond acceptors (Lipinski definition) is 6. The Kier molecular flexibility index (Phi) is 11.0. The van der Waals surface area contributed by atoms with Crippen molar-refractivity contribution in [1.29, 1.82) is 0 Å². The van der Waals surface area contributed by atoms with Crippen LogP contribution in [0.3, 0.4) is 0 Å². The highest BCUT2D eigenvalue weighted by Gasteiger charge is 2.34. The first kappa shape index (κ1) is 33.4. The lowest BCUT2D eigenvalue weighted by Crippen LogP contribution is -2.52. The molecule has 0 aromatic heterocycles. The van der Waals surface area contributed by atoms with E-state index in [0.29, 0.717) is 21.4 Å². The first-order valence-corrected chi connectivity index (χ1v) is 16.5. The van der Waals surface area contributed by atoms with E-state index in [2.05, 4.69) is 5.32 Å². The van der Waals surface area contributed by atoms with E-state index in [1.807, 2.05) is 6.92 Å². The van der Waals surface area contributed by atoms with Gasteiger partial charge in [0.25, 0.3) is 10.0 Å². The van der Waals surface area contributed by atoms with Crippen LogP contribution in [0.2, 0.25) is 10.0 Å². The number of anilines is 1. The summed E-state index contributed by atoms with van der Waals surface area (Å²) in [5.74, 6) is -0.372. The summed E-state index contributed by atoms with van der Waals surface area (Å²) in [5.41, 5.74) is 1.64. The Labute approximate surface area is 269 Å². The Balaban J connectivity index is 1.74. The zero-order chi connectivity index (χ0) is 32.0. The van der Waals surface area contributed by atoms with E-state index >= 15 is 0 Å². The van der Waals surface area contributed by atoms with E-state index in [1.54, 1.807) is 49.4 Å². The van der Waals surface area contributed by atoms with Gasteiger partial charge in [0, 0.05) is 34.3 Å². The van der Waals surface area contributed by atoms with E-state index < -0.39 is 28.5 Å². The van der Waals surface area contributed by atoms with Crippen LogP contribution in [-0.2, 0) is 26.2 Å². The third-order valence-electron chi connectivity index (χ3n) is 7.80. The second-order valence-electron chi connectivity index (χ2n) is 10.8. The molecule has 0 radical (unpaired) electrons. The number of ether oxygens (including phenoxy) is 2. The smallest absolute Gasteiger partial charge is 0.264 e. The lowest BCUT2D eigenvalue weighted by atomic mass is 10.1. The van der Waals surface area contributed by atoms with Crippen LogP contribution in [0.4, 0.5) is 5.69 Å². The standard InChI is InChI=1S/C32H37Cl2N3O6S/c1-21-12-14-24(15-13-21)37(44(40,41)25-16-17-29(42-3)30(18-25)43-4)20-31(38)36(19-26-27(33)10-7-11-28(26)34)22(2)32(39)35-23-8-5-6-9-23/h7,10-18,22-23H,5-6,8-9,19-20H2,1-4H3,(H,35,39)/t22-/m0/s1. The number of sulfonamides is 1. The summed E-state index contributed by atoms with van der Waals surface area (Å²) in [6, 6.07) is 15.1. The van der Waals surface area contributed by atoms with E-state index in [1.165, 1.54) is 37.3 Å². The quantitative estimate of drug-likeness (QED) is 0.256. The Bertz CT molecular complexity index is 1570. The van der Waals surface area contributed by atoms with Gasteiger partial charge in [-0.25, -0.2) is 8.42 Å². The number of carbonyl (C=O) groups excluding carboxylic acids is 2. The fraction of sp³-hybridized carbons (Fsp3) is 0.375. The Morgan fingerprint density at radius 3 is 2.16 bits per heavy atom. The molecule has 0 spiro atoms. The van der Waals surface area contributed by atoms with Crippen LogP contribution in [0.25, 0.3) is 0 Å². The molecular weight excluding hydrogens is 625 g/mol. The van der Waals surface area contributed by atoms with E-state index in [-0.39, 0.29) is 34.8 Å². The van der Waals surface area contributed by atoms with Crippen LogP contribution in [-0.4, -0.2) is 58.0 Å². The van der Waals surface area contributed by atoms with E-state index in [4.69, 9.17) is 32.7 Å². The molecule has 0 aliphatic heterocycles. The van der Waals surface area contributed by atoms with Gasteiger partial charge in [-0.05, 0) is 63.1 Å². The summed E-state index contributed by atoms with van der Waals surface area (Å²) >= 11 is 12.9. The van der Waals surface area contributed by atoms with Gasteiger partial charge in [-0.2, -0.15) is 0 Å². The van der Waals surface area contributed by atoms with E-state index in [0.717, 1.165) is 35.6 Å². The minimum absolute atomic E-state index is 0.0280. The molecule has 236 valence electrons. The number of rotatable bonds is 12. The average Bonchev–Trinajstić information content (AvgIpc) is 3.52. The van der Waals surface area contributed by atoms with Gasteiger partial charge in [-0.1, -0.05) is 59.8 Å². The van der Waals surface area contributed by atoms with Crippen molar-refractivity contribution in [2.24, 2.45) is 0 Å². The van der Waals surface area contributed by atoms with Gasteiger partial charge in [0.2, 0.25) is 11.8 Å². The molecule has 44 heavy (non-hydrogen) atoms. The zero-order valence-corrected chi connectivity index (χ0v) is 27.5. The number of amides is 2. The number of aryl methyl sites for hydroxylation is 1. The zero-order valence-electron chi connectivity index (χ0n) is 25.2. The third-order valence-corrected chi connectivity index (χ3v) is 10.3. The maximum Gasteiger partial charge on any atom is 0.264 e. The predicted octanol–water partition coefficient (Wildman–Crippen LogP) is 5.99. The molecule has 0 unspecified atom stereocenters. The number of methoxy groups -OCH3 is 2. The topological polar surface area (TPSA) is 105 Å². The molecule has 1 atom stereocenters. The maximum absolute atomic E-state index is 14.2. The van der Waals surface area contributed by atoms with Gasteiger partial charge >= 0.3 is 0 Å². The highest BCUT2D eigenvalue weighted by atomic mass is 35.5. The number of nitrogens with zero attached hydrogens (tertiary/aromatic N) is 2. The molecule has 3 aromatic carbocycles. The van der Waals surface area contributed by atoms with Gasteiger partial charge in [-0.15, -0.1) is 0 Å². The molecule has 1 N–H and O–H groups in total. The Hall–Kier alpha value is -3.47. The van der Waals surface area contributed by atoms with Crippen molar-refractivity contribution in [2.45, 2.75) is 63.1 Å². The fourth-order valence-corrected chi connectivity index (χ4v) is 7.12. The van der Waals surface area contributed by atoms with Crippen LogP contribution >= 0.6 is 23.2 Å². The molecule has 9 nitrogen and oxygen atoms in total. The van der Waals surface area contributed by atoms with Crippen LogP contribution < -0.4 is 19.1 Å². The molecule has 0 heterocycles. The van der Waals surface area contributed by atoms with Gasteiger partial charge in [-0.3, -0.25) is 13.9 Å². The highest BCUT2D eigenvalue weighted by molar-refractivity contribution is 7.92. The van der Waals surface area contributed by atoms with Crippen molar-refractivity contribution in [3.63, 3.8) is 0 Å². The van der Waals surface area contributed by atoms with Crippen LogP contribution in [0.5, 0.6) is 11.5 Å². The summed E-state index contributed by atoms with van der Waals surface area (Å²) in [6.07, 6.45) is 3.79. The third kappa shape index (κ3) is 7.60. The molecule has 4 rings (SSSR count). The van der Waals surface area contributed by atoms with Gasteiger partial charge in [0.1, 0.15) is 12.6 Å². The molecule has 12 heteroatoms. The monoisotopic (exact) mass is 661 g/mol. The largest absolute Gasteiger partial charge is 0.493 e. The minimum atomic E-state index is -4.31. The fourth-order valence-electron chi connectivity index (χ4n) is 5.17. The lowest BCUT2D eigenvalue weighted by molar-refractivity contribution is -0.139. The molecule has 1 fully saturated rings. The summed E-state index contributed by atoms with van der Waals surface area (Å²) < 4.78 is 40.0. The summed E-state index contributed by atoms with van der Waals surface area (Å²) in [6.45, 7) is 2.80. The number of hydrogen-bond donors (Lipinski definition) is 1. The number of nitrogens with one attached hydrogen (secondary N) is 1. The minimum Gasteiger partial charge on any atom is -0.493 e. The summed E-state index contributed by atoms with van der Waals surface area (Å²) in [7, 11) is -1.45. The van der Waals surface area contributed by atoms with Crippen molar-refractivity contribution in [3.8, 4) is 11.5 Å². The van der Waals surface area contributed by atoms with E-state index in [9.17, 15) is 18.0 Å². The number of benzene rings is 3. The first-order chi connectivity index (χ1) is 21.0. The van der Waals surface area contributed by atoms with Crippen molar-refractivity contribution >= 4 is 50.7 Å². The normalized spacial score (nSPS) is 14.1. The van der Waals surface area contributed by atoms with Crippen LogP contribution in [0.15, 0.2) is 65.6 Å². The highest BCUT2D eigenvalue weighted by Crippen LogP contribution is 2.33. The van der Waals surface area contributed by atoms with Gasteiger partial charge in [0.15, 0.2) is 11.5 Å². The second-order valence-corrected chi connectivity index (χ2v) is 13.4. The average molecular weight is 663 g/mol. The molecule has 3 aromatic rings. The maximum atomic E-state index is 14.2. The van der Waals surface area contributed by atoms with Crippen LogP contribution in [0.1, 0.15) is 43.7 Å². The molecule has 1 saturated carbocycles. The predicted molar refractivity (Wildman–Crippen MR) is 172 cm³/mol. The Morgan fingerprint density at radius 1 is 0.955 bits per heavy atom. The van der Waals surface area contributed by atoms with Gasteiger partial charge in [0.05, 0.1) is 24.8 Å². The summed E-state index contributed by atoms with van der Waals surface area (Å²) in [5, 5.41) is 3.70. The number of carbonyl (C=O) groups is 2. The SMILES string of the molecule is COc1ccc(S(=O)(=O)N(CC(=O)N(Cc2c(Cl)cccc2Cl)[C@@H](C)C(=O)NC2CCCC2)c2ccc(C)cc2)cc1OC.